The lowest BCUT2D eigenvalue weighted by atomic mass is 10.4. The molecule has 0 fully saturated rings. The van der Waals surface area contributed by atoms with Gasteiger partial charge >= 0.3 is 0 Å². The third kappa shape index (κ3) is 5.98. The van der Waals surface area contributed by atoms with E-state index in [1.54, 1.807) is 6.07 Å². The summed E-state index contributed by atoms with van der Waals surface area (Å²) in [5.74, 6) is -0.260. The Morgan fingerprint density at radius 3 is 2.52 bits per heavy atom. The van der Waals surface area contributed by atoms with E-state index in [2.05, 4.69) is 15.0 Å². The van der Waals surface area contributed by atoms with E-state index in [0.717, 1.165) is 12.7 Å². The first-order chi connectivity index (χ1) is 9.65. The molecule has 0 aliphatic carbocycles. The summed E-state index contributed by atoms with van der Waals surface area (Å²) < 4.78 is 49.4. The molecule has 0 radical (unpaired) electrons. The topological polar surface area (TPSA) is 105 Å². The van der Waals surface area contributed by atoms with Gasteiger partial charge in [-0.05, 0) is 19.4 Å². The van der Waals surface area contributed by atoms with Crippen LogP contribution in [0.5, 0.6) is 0 Å². The van der Waals surface area contributed by atoms with E-state index in [0.29, 0.717) is 12.2 Å². The smallest absolute Gasteiger partial charge is 0.244 e. The van der Waals surface area contributed by atoms with Crippen molar-refractivity contribution in [3.63, 3.8) is 0 Å². The molecule has 0 amide bonds. The predicted molar refractivity (Wildman–Crippen MR) is 82.5 cm³/mol. The molecule has 0 saturated carbocycles. The molecule has 1 aromatic rings. The molecule has 120 valence electrons. The Morgan fingerprint density at radius 2 is 1.95 bits per heavy atom. The number of sulfonamides is 1. The van der Waals surface area contributed by atoms with Crippen molar-refractivity contribution in [1.29, 1.82) is 0 Å². The van der Waals surface area contributed by atoms with Gasteiger partial charge in [-0.2, -0.15) is 0 Å². The van der Waals surface area contributed by atoms with E-state index in [1.165, 1.54) is 19.3 Å². The van der Waals surface area contributed by atoms with Crippen molar-refractivity contribution in [2.24, 2.45) is 0 Å². The van der Waals surface area contributed by atoms with Crippen LogP contribution in [0.15, 0.2) is 23.4 Å². The second-order valence-corrected chi connectivity index (χ2v) is 8.78. The highest BCUT2D eigenvalue weighted by Crippen LogP contribution is 2.19. The first-order valence-electron chi connectivity index (χ1n) is 6.53. The van der Waals surface area contributed by atoms with Gasteiger partial charge in [0.15, 0.2) is 0 Å². The molecule has 0 aliphatic rings. The minimum Gasteiger partial charge on any atom is -0.384 e. The van der Waals surface area contributed by atoms with Gasteiger partial charge in [-0.15, -0.1) is 0 Å². The average Bonchev–Trinajstić information content (AvgIpc) is 2.33. The molecule has 1 heterocycles. The highest BCUT2D eigenvalue weighted by molar-refractivity contribution is 7.91. The zero-order chi connectivity index (χ0) is 16.1. The van der Waals surface area contributed by atoms with E-state index in [-0.39, 0.29) is 10.6 Å². The Bertz CT molecular complexity index is 671. The molecule has 0 aromatic carbocycles. The van der Waals surface area contributed by atoms with Gasteiger partial charge in [0.25, 0.3) is 0 Å². The molecule has 0 saturated heterocycles. The minimum absolute atomic E-state index is 0.0128. The molecule has 0 bridgehead atoms. The van der Waals surface area contributed by atoms with Gasteiger partial charge in [-0.1, -0.05) is 6.92 Å². The van der Waals surface area contributed by atoms with Crippen LogP contribution in [0.3, 0.4) is 0 Å². The number of sulfone groups is 1. The second-order valence-electron chi connectivity index (χ2n) is 4.91. The first kappa shape index (κ1) is 17.9. The average molecular weight is 335 g/mol. The Hall–Kier alpha value is -1.19. The number of nitrogens with one attached hydrogen (secondary N) is 2. The predicted octanol–water partition coefficient (Wildman–Crippen LogP) is 0.615. The van der Waals surface area contributed by atoms with Crippen LogP contribution in [0.1, 0.15) is 20.3 Å². The fraction of sp³-hybridized carbons (Fsp3) is 0.583. The summed E-state index contributed by atoms with van der Waals surface area (Å²) in [5.41, 5.74) is 0.450. The monoisotopic (exact) mass is 335 g/mol. The molecule has 7 nitrogen and oxygen atoms in total. The van der Waals surface area contributed by atoms with E-state index < -0.39 is 25.9 Å². The highest BCUT2D eigenvalue weighted by atomic mass is 32.2. The maximum atomic E-state index is 12.3. The van der Waals surface area contributed by atoms with E-state index >= 15 is 0 Å². The molecule has 0 aliphatic heterocycles. The zero-order valence-electron chi connectivity index (χ0n) is 12.3. The fourth-order valence-electron chi connectivity index (χ4n) is 1.82. The van der Waals surface area contributed by atoms with Crippen molar-refractivity contribution in [2.75, 3.05) is 23.9 Å². The number of aromatic nitrogens is 1. The van der Waals surface area contributed by atoms with Crippen molar-refractivity contribution in [3.8, 4) is 0 Å². The van der Waals surface area contributed by atoms with Gasteiger partial charge in [-0.25, -0.2) is 21.6 Å². The summed E-state index contributed by atoms with van der Waals surface area (Å²) >= 11 is 0. The third-order valence-corrected chi connectivity index (χ3v) is 5.27. The van der Waals surface area contributed by atoms with Crippen molar-refractivity contribution in [1.82, 2.24) is 9.71 Å². The van der Waals surface area contributed by atoms with E-state index in [1.807, 2.05) is 6.92 Å². The van der Waals surface area contributed by atoms with E-state index in [4.69, 9.17) is 0 Å². The van der Waals surface area contributed by atoms with Crippen LogP contribution in [-0.4, -0.2) is 46.4 Å². The summed E-state index contributed by atoms with van der Waals surface area (Å²) in [4.78, 5) is 3.84. The normalized spacial score (nSPS) is 13.9. The number of anilines is 1. The second kappa shape index (κ2) is 7.19. The molecule has 1 atom stereocenters. The lowest BCUT2D eigenvalue weighted by Gasteiger charge is -2.16. The number of rotatable bonds is 8. The van der Waals surface area contributed by atoms with Crippen LogP contribution in [0.2, 0.25) is 0 Å². The summed E-state index contributed by atoms with van der Waals surface area (Å²) in [6, 6.07) is 0.857. The number of hydrogen-bond donors (Lipinski definition) is 2. The van der Waals surface area contributed by atoms with Gasteiger partial charge in [-0.3, -0.25) is 4.98 Å². The number of pyridine rings is 1. The largest absolute Gasteiger partial charge is 0.384 e. The Labute approximate surface area is 126 Å². The van der Waals surface area contributed by atoms with Crippen LogP contribution < -0.4 is 10.0 Å². The van der Waals surface area contributed by atoms with Crippen molar-refractivity contribution in [2.45, 2.75) is 31.2 Å². The van der Waals surface area contributed by atoms with Gasteiger partial charge in [0, 0.05) is 31.2 Å². The van der Waals surface area contributed by atoms with Crippen LogP contribution in [0.4, 0.5) is 5.69 Å². The maximum absolute atomic E-state index is 12.3. The van der Waals surface area contributed by atoms with Crippen molar-refractivity contribution in [3.05, 3.63) is 18.5 Å². The van der Waals surface area contributed by atoms with Gasteiger partial charge < -0.3 is 5.32 Å². The standard InChI is InChI=1S/C12H21N3O4S2/c1-4-6-14-11-5-7-13-8-12(11)21(18,19)15-10(2)9-20(3,16)17/h5,7-8,10,15H,4,6,9H2,1-3H3,(H,13,14). The highest BCUT2D eigenvalue weighted by Gasteiger charge is 2.22. The molecule has 1 rings (SSSR count). The Balaban J connectivity index is 2.97. The number of nitrogens with zero attached hydrogens (tertiary/aromatic N) is 1. The zero-order valence-corrected chi connectivity index (χ0v) is 14.0. The summed E-state index contributed by atoms with van der Waals surface area (Å²) in [6.07, 6.45) is 4.65. The minimum atomic E-state index is -3.83. The molecular weight excluding hydrogens is 314 g/mol. The molecule has 1 aromatic heterocycles. The van der Waals surface area contributed by atoms with E-state index in [9.17, 15) is 16.8 Å². The molecule has 21 heavy (non-hydrogen) atoms. The fourth-order valence-corrected chi connectivity index (χ4v) is 4.28. The maximum Gasteiger partial charge on any atom is 0.244 e. The Kier molecular flexibility index (Phi) is 6.11. The lowest BCUT2D eigenvalue weighted by Crippen LogP contribution is -2.37. The molecule has 0 spiro atoms. The van der Waals surface area contributed by atoms with Gasteiger partial charge in [0.1, 0.15) is 14.7 Å². The van der Waals surface area contributed by atoms with Crippen LogP contribution in [0, 0.1) is 0 Å². The molecule has 9 heteroatoms. The summed E-state index contributed by atoms with van der Waals surface area (Å²) in [5, 5.41) is 3.01. The van der Waals surface area contributed by atoms with Crippen molar-refractivity contribution < 1.29 is 16.8 Å². The third-order valence-electron chi connectivity index (χ3n) is 2.55. The molecule has 2 N–H and O–H groups in total. The SMILES string of the molecule is CCCNc1ccncc1S(=O)(=O)NC(C)CS(C)(=O)=O. The van der Waals surface area contributed by atoms with Gasteiger partial charge in [0.05, 0.1) is 11.4 Å². The van der Waals surface area contributed by atoms with Crippen molar-refractivity contribution >= 4 is 25.5 Å². The summed E-state index contributed by atoms with van der Waals surface area (Å²) in [6.45, 7) is 4.11. The van der Waals surface area contributed by atoms with Crippen LogP contribution in [-0.2, 0) is 19.9 Å². The Morgan fingerprint density at radius 1 is 1.29 bits per heavy atom. The lowest BCUT2D eigenvalue weighted by molar-refractivity contribution is 0.564. The first-order valence-corrected chi connectivity index (χ1v) is 10.1. The van der Waals surface area contributed by atoms with Crippen LogP contribution >= 0.6 is 0 Å². The van der Waals surface area contributed by atoms with Crippen LogP contribution in [0.25, 0.3) is 0 Å². The number of hydrogen-bond acceptors (Lipinski definition) is 6. The molecular formula is C12H21N3O4S2. The molecule has 1 unspecified atom stereocenters. The van der Waals surface area contributed by atoms with Gasteiger partial charge in [0.2, 0.25) is 10.0 Å². The quantitative estimate of drug-likeness (QED) is 0.721. The summed E-state index contributed by atoms with van der Waals surface area (Å²) in [7, 11) is -7.09.